The molecular formula is C17H16ClN3O4. The van der Waals surface area contributed by atoms with Crippen LogP contribution in [0.1, 0.15) is 28.9 Å². The molecule has 0 radical (unpaired) electrons. The molecule has 2 N–H and O–H groups in total. The highest BCUT2D eigenvalue weighted by molar-refractivity contribution is 6.32. The van der Waals surface area contributed by atoms with E-state index in [9.17, 15) is 14.4 Å². The van der Waals surface area contributed by atoms with Gasteiger partial charge in [0.25, 0.3) is 5.91 Å². The summed E-state index contributed by atoms with van der Waals surface area (Å²) < 4.78 is 5.29. The number of amides is 3. The third kappa shape index (κ3) is 5.02. The summed E-state index contributed by atoms with van der Waals surface area (Å²) in [6, 6.07) is 10.6. The number of aromatic nitrogens is 1. The van der Waals surface area contributed by atoms with Gasteiger partial charge < -0.3 is 10.1 Å². The summed E-state index contributed by atoms with van der Waals surface area (Å²) in [5.41, 5.74) is 0.438. The molecule has 0 spiro atoms. The van der Waals surface area contributed by atoms with Crippen molar-refractivity contribution < 1.29 is 19.1 Å². The Kier molecular flexibility index (Phi) is 6.47. The molecule has 1 aromatic heterocycles. The molecule has 0 aliphatic rings. The molecule has 1 aromatic carbocycles. The smallest absolute Gasteiger partial charge is 0.342 e. The van der Waals surface area contributed by atoms with Gasteiger partial charge in [-0.2, -0.15) is 0 Å². The lowest BCUT2D eigenvalue weighted by molar-refractivity contribution is -0.129. The molecular weight excluding hydrogens is 346 g/mol. The van der Waals surface area contributed by atoms with Crippen molar-refractivity contribution >= 4 is 29.5 Å². The van der Waals surface area contributed by atoms with Gasteiger partial charge in [-0.1, -0.05) is 41.9 Å². The second kappa shape index (κ2) is 8.79. The van der Waals surface area contributed by atoms with E-state index in [4.69, 9.17) is 16.3 Å². The Morgan fingerprint density at radius 3 is 2.52 bits per heavy atom. The standard InChI is InChI=1S/C17H16ClN3O4/c1-2-19-17(24)21-15(22)13(11-7-4-3-5-8-11)25-16(23)12-9-6-10-20-14(12)18/h3-10,13H,2H2,1H3,(H2,19,21,22,24). The number of imide groups is 1. The van der Waals surface area contributed by atoms with Crippen molar-refractivity contribution in [3.63, 3.8) is 0 Å². The first kappa shape index (κ1) is 18.4. The Labute approximate surface area is 149 Å². The molecule has 0 aliphatic heterocycles. The summed E-state index contributed by atoms with van der Waals surface area (Å²) in [5, 5.41) is 4.53. The van der Waals surface area contributed by atoms with E-state index in [1.165, 1.54) is 18.3 Å². The predicted molar refractivity (Wildman–Crippen MR) is 91.1 cm³/mol. The van der Waals surface area contributed by atoms with Crippen LogP contribution in [0.15, 0.2) is 48.7 Å². The van der Waals surface area contributed by atoms with Crippen LogP contribution in [0.4, 0.5) is 4.79 Å². The number of pyridine rings is 1. The van der Waals surface area contributed by atoms with Gasteiger partial charge in [0.15, 0.2) is 0 Å². The molecule has 3 amide bonds. The number of hydrogen-bond acceptors (Lipinski definition) is 5. The van der Waals surface area contributed by atoms with Crippen molar-refractivity contribution in [1.82, 2.24) is 15.6 Å². The quantitative estimate of drug-likeness (QED) is 0.629. The number of ether oxygens (including phenoxy) is 1. The zero-order valence-corrected chi connectivity index (χ0v) is 14.1. The molecule has 1 unspecified atom stereocenters. The second-order valence-corrected chi connectivity index (χ2v) is 5.24. The zero-order valence-electron chi connectivity index (χ0n) is 13.4. The monoisotopic (exact) mass is 361 g/mol. The van der Waals surface area contributed by atoms with Crippen molar-refractivity contribution in [3.05, 3.63) is 64.9 Å². The molecule has 0 aliphatic carbocycles. The van der Waals surface area contributed by atoms with Crippen LogP contribution in [0.5, 0.6) is 0 Å². The van der Waals surface area contributed by atoms with Crippen LogP contribution >= 0.6 is 11.6 Å². The van der Waals surface area contributed by atoms with E-state index in [2.05, 4.69) is 15.6 Å². The molecule has 25 heavy (non-hydrogen) atoms. The largest absolute Gasteiger partial charge is 0.444 e. The van der Waals surface area contributed by atoms with Crippen LogP contribution in [-0.4, -0.2) is 29.4 Å². The molecule has 1 atom stereocenters. The van der Waals surface area contributed by atoms with Crippen molar-refractivity contribution in [2.24, 2.45) is 0 Å². The number of carbonyl (C=O) groups excluding carboxylic acids is 3. The number of nitrogens with zero attached hydrogens (tertiary/aromatic N) is 1. The molecule has 8 heteroatoms. The van der Waals surface area contributed by atoms with Gasteiger partial charge in [0.2, 0.25) is 6.10 Å². The molecule has 0 saturated heterocycles. The van der Waals surface area contributed by atoms with E-state index in [1.54, 1.807) is 37.3 Å². The van der Waals surface area contributed by atoms with Gasteiger partial charge in [-0.3, -0.25) is 10.1 Å². The van der Waals surface area contributed by atoms with Crippen molar-refractivity contribution in [2.75, 3.05) is 6.54 Å². The van der Waals surface area contributed by atoms with Crippen LogP contribution in [0.25, 0.3) is 0 Å². The lowest BCUT2D eigenvalue weighted by atomic mass is 10.1. The lowest BCUT2D eigenvalue weighted by Crippen LogP contribution is -2.42. The number of urea groups is 1. The topological polar surface area (TPSA) is 97.4 Å². The average Bonchev–Trinajstić information content (AvgIpc) is 2.60. The minimum absolute atomic E-state index is 0.0240. The first-order chi connectivity index (χ1) is 12.0. The summed E-state index contributed by atoms with van der Waals surface area (Å²) in [6.07, 6.45) is 0.114. The molecule has 2 aromatic rings. The normalized spacial score (nSPS) is 11.3. The first-order valence-electron chi connectivity index (χ1n) is 7.48. The average molecular weight is 362 g/mol. The maximum absolute atomic E-state index is 12.4. The van der Waals surface area contributed by atoms with Gasteiger partial charge in [-0.05, 0) is 19.1 Å². The van der Waals surface area contributed by atoms with E-state index >= 15 is 0 Å². The fourth-order valence-electron chi connectivity index (χ4n) is 1.99. The highest BCUT2D eigenvalue weighted by Crippen LogP contribution is 2.21. The van der Waals surface area contributed by atoms with Crippen LogP contribution in [0.3, 0.4) is 0 Å². The fourth-order valence-corrected chi connectivity index (χ4v) is 2.19. The first-order valence-corrected chi connectivity index (χ1v) is 7.85. The maximum atomic E-state index is 12.4. The van der Waals surface area contributed by atoms with E-state index in [1.807, 2.05) is 0 Å². The number of benzene rings is 1. The Balaban J connectivity index is 2.23. The van der Waals surface area contributed by atoms with E-state index in [0.29, 0.717) is 12.1 Å². The maximum Gasteiger partial charge on any atom is 0.342 e. The summed E-state index contributed by atoms with van der Waals surface area (Å²) >= 11 is 5.88. The molecule has 0 fully saturated rings. The molecule has 2 rings (SSSR count). The highest BCUT2D eigenvalue weighted by Gasteiger charge is 2.27. The van der Waals surface area contributed by atoms with Crippen molar-refractivity contribution in [2.45, 2.75) is 13.0 Å². The summed E-state index contributed by atoms with van der Waals surface area (Å²) in [5.74, 6) is -1.59. The number of nitrogens with one attached hydrogen (secondary N) is 2. The Morgan fingerprint density at radius 1 is 1.16 bits per heavy atom. The fraction of sp³-hybridized carbons (Fsp3) is 0.176. The third-order valence-corrected chi connectivity index (χ3v) is 3.42. The van der Waals surface area contributed by atoms with Gasteiger partial charge in [-0.25, -0.2) is 14.6 Å². The molecule has 7 nitrogen and oxygen atoms in total. The van der Waals surface area contributed by atoms with Gasteiger partial charge in [-0.15, -0.1) is 0 Å². The minimum atomic E-state index is -1.31. The number of halogens is 1. The minimum Gasteiger partial charge on any atom is -0.444 e. The predicted octanol–water partition coefficient (Wildman–Crippen LogP) is 2.48. The van der Waals surface area contributed by atoms with Crippen molar-refractivity contribution in [1.29, 1.82) is 0 Å². The third-order valence-electron chi connectivity index (χ3n) is 3.12. The van der Waals surface area contributed by atoms with E-state index in [0.717, 1.165) is 0 Å². The van der Waals surface area contributed by atoms with Crippen LogP contribution in [-0.2, 0) is 9.53 Å². The molecule has 130 valence electrons. The van der Waals surface area contributed by atoms with Gasteiger partial charge >= 0.3 is 12.0 Å². The molecule has 0 saturated carbocycles. The summed E-state index contributed by atoms with van der Waals surface area (Å²) in [4.78, 5) is 40.1. The number of esters is 1. The zero-order chi connectivity index (χ0) is 18.2. The van der Waals surface area contributed by atoms with E-state index in [-0.39, 0.29) is 10.7 Å². The number of carbonyl (C=O) groups is 3. The number of hydrogen-bond donors (Lipinski definition) is 2. The molecule has 0 bridgehead atoms. The molecule has 1 heterocycles. The van der Waals surface area contributed by atoms with E-state index < -0.39 is 24.0 Å². The van der Waals surface area contributed by atoms with Gasteiger partial charge in [0, 0.05) is 18.3 Å². The van der Waals surface area contributed by atoms with Crippen LogP contribution < -0.4 is 10.6 Å². The second-order valence-electron chi connectivity index (χ2n) is 4.89. The lowest BCUT2D eigenvalue weighted by Gasteiger charge is -2.18. The van der Waals surface area contributed by atoms with Crippen LogP contribution in [0, 0.1) is 0 Å². The Bertz CT molecular complexity index is 767. The highest BCUT2D eigenvalue weighted by atomic mass is 35.5. The Morgan fingerprint density at radius 2 is 1.88 bits per heavy atom. The summed E-state index contributed by atoms with van der Waals surface area (Å²) in [6.45, 7) is 2.06. The van der Waals surface area contributed by atoms with Crippen LogP contribution in [0.2, 0.25) is 5.15 Å². The van der Waals surface area contributed by atoms with Gasteiger partial charge in [0.05, 0.1) is 5.56 Å². The Hall–Kier alpha value is -2.93. The van der Waals surface area contributed by atoms with Crippen molar-refractivity contribution in [3.8, 4) is 0 Å². The SMILES string of the molecule is CCNC(=O)NC(=O)C(OC(=O)c1cccnc1Cl)c1ccccc1. The summed E-state index contributed by atoms with van der Waals surface area (Å²) in [7, 11) is 0. The number of rotatable bonds is 5. The van der Waals surface area contributed by atoms with Gasteiger partial charge in [0.1, 0.15) is 5.15 Å².